The largest absolute Gasteiger partial charge is 0.480 e. The number of nitrogens with zero attached hydrogens (tertiary/aromatic N) is 2. The molecule has 2 heterocycles. The van der Waals surface area contributed by atoms with Gasteiger partial charge >= 0.3 is 12.0 Å². The van der Waals surface area contributed by atoms with Crippen LogP contribution in [0.5, 0.6) is 0 Å². The van der Waals surface area contributed by atoms with E-state index in [1.165, 1.54) is 16.7 Å². The van der Waals surface area contributed by atoms with Crippen LogP contribution in [0.15, 0.2) is 18.2 Å². The van der Waals surface area contributed by atoms with E-state index in [-0.39, 0.29) is 6.03 Å². The lowest BCUT2D eigenvalue weighted by Gasteiger charge is -2.20. The van der Waals surface area contributed by atoms with E-state index in [4.69, 9.17) is 5.11 Å². The van der Waals surface area contributed by atoms with E-state index in [2.05, 4.69) is 10.3 Å². The summed E-state index contributed by atoms with van der Waals surface area (Å²) < 4.78 is 0. The van der Waals surface area contributed by atoms with Gasteiger partial charge in [-0.1, -0.05) is 6.07 Å². The van der Waals surface area contributed by atoms with Gasteiger partial charge in [0.25, 0.3) is 0 Å². The van der Waals surface area contributed by atoms with Crippen LogP contribution in [0.25, 0.3) is 0 Å². The van der Waals surface area contributed by atoms with Crippen LogP contribution >= 0.6 is 11.8 Å². The minimum absolute atomic E-state index is 0.300. The molecule has 1 aliphatic rings. The number of carbonyl (C=O) groups is 2. The predicted octanol–water partition coefficient (Wildman–Crippen LogP) is 1.06. The first-order valence-electron chi connectivity index (χ1n) is 5.85. The predicted molar refractivity (Wildman–Crippen MR) is 71.8 cm³/mol. The number of carboxylic acid groups (broad SMARTS) is 1. The van der Waals surface area contributed by atoms with Crippen molar-refractivity contribution in [3.63, 3.8) is 0 Å². The van der Waals surface area contributed by atoms with E-state index < -0.39 is 12.0 Å². The summed E-state index contributed by atoms with van der Waals surface area (Å²) >= 11 is 1.44. The number of nitrogens with one attached hydrogen (secondary N) is 1. The number of hydrogen-bond acceptors (Lipinski definition) is 4. The fraction of sp³-hybridized carbons (Fsp3) is 0.417. The van der Waals surface area contributed by atoms with Crippen molar-refractivity contribution in [3.8, 4) is 0 Å². The average Bonchev–Trinajstić information content (AvgIpc) is 2.85. The van der Waals surface area contributed by atoms with Gasteiger partial charge in [0, 0.05) is 11.4 Å². The van der Waals surface area contributed by atoms with Crippen molar-refractivity contribution in [2.45, 2.75) is 19.5 Å². The Morgan fingerprint density at radius 2 is 2.37 bits per heavy atom. The van der Waals surface area contributed by atoms with Gasteiger partial charge in [-0.25, -0.2) is 9.59 Å². The molecule has 0 bridgehead atoms. The first kappa shape index (κ1) is 13.7. The Kier molecular flexibility index (Phi) is 4.26. The molecular weight excluding hydrogens is 266 g/mol. The second-order valence-corrected chi connectivity index (χ2v) is 5.25. The lowest BCUT2D eigenvalue weighted by Crippen LogP contribution is -2.46. The first-order valence-corrected chi connectivity index (χ1v) is 7.01. The van der Waals surface area contributed by atoms with Crippen molar-refractivity contribution in [3.05, 3.63) is 29.6 Å². The summed E-state index contributed by atoms with van der Waals surface area (Å²) in [5.74, 6) is -0.121. The van der Waals surface area contributed by atoms with Crippen molar-refractivity contribution in [1.82, 2.24) is 15.2 Å². The van der Waals surface area contributed by atoms with Crippen molar-refractivity contribution in [2.24, 2.45) is 0 Å². The number of pyridine rings is 1. The number of carboxylic acids is 1. The van der Waals surface area contributed by atoms with E-state index in [1.54, 1.807) is 0 Å². The van der Waals surface area contributed by atoms with Gasteiger partial charge in [-0.2, -0.15) is 0 Å². The molecular formula is C12H15N3O3S. The van der Waals surface area contributed by atoms with Crippen molar-refractivity contribution >= 4 is 23.8 Å². The van der Waals surface area contributed by atoms with E-state index in [0.29, 0.717) is 18.2 Å². The molecule has 0 aromatic carbocycles. The highest BCUT2D eigenvalue weighted by Crippen LogP contribution is 2.20. The minimum Gasteiger partial charge on any atom is -0.480 e. The molecule has 1 atom stereocenters. The van der Waals surface area contributed by atoms with Gasteiger partial charge in [0.05, 0.1) is 18.1 Å². The van der Waals surface area contributed by atoms with Crippen LogP contribution in [0.2, 0.25) is 0 Å². The third-order valence-corrected chi connectivity index (χ3v) is 3.81. The number of carbonyl (C=O) groups excluding carboxylic acids is 1. The molecule has 2 rings (SSSR count). The molecule has 102 valence electrons. The summed E-state index contributed by atoms with van der Waals surface area (Å²) in [4.78, 5) is 28.5. The molecule has 0 saturated carbocycles. The number of aromatic nitrogens is 1. The van der Waals surface area contributed by atoms with Crippen LogP contribution in [0.4, 0.5) is 4.79 Å². The zero-order chi connectivity index (χ0) is 13.8. The van der Waals surface area contributed by atoms with Gasteiger partial charge in [-0.3, -0.25) is 4.98 Å². The Morgan fingerprint density at radius 1 is 1.58 bits per heavy atom. The molecule has 0 aliphatic carbocycles. The summed E-state index contributed by atoms with van der Waals surface area (Å²) in [6, 6.07) is 4.47. The van der Waals surface area contributed by atoms with Crippen LogP contribution in [-0.4, -0.2) is 44.7 Å². The fourth-order valence-corrected chi connectivity index (χ4v) is 2.96. The molecule has 0 radical (unpaired) electrons. The van der Waals surface area contributed by atoms with Gasteiger partial charge in [0.15, 0.2) is 0 Å². The van der Waals surface area contributed by atoms with Crippen LogP contribution in [0.3, 0.4) is 0 Å². The summed E-state index contributed by atoms with van der Waals surface area (Å²) in [5.41, 5.74) is 1.64. The lowest BCUT2D eigenvalue weighted by atomic mass is 10.3. The van der Waals surface area contributed by atoms with Crippen LogP contribution in [0.1, 0.15) is 11.4 Å². The zero-order valence-electron chi connectivity index (χ0n) is 10.5. The number of rotatable bonds is 3. The second kappa shape index (κ2) is 5.92. The Bertz CT molecular complexity index is 495. The maximum absolute atomic E-state index is 11.9. The molecule has 2 N–H and O–H groups in total. The van der Waals surface area contributed by atoms with Gasteiger partial charge in [-0.15, -0.1) is 11.8 Å². The number of thioether (sulfide) groups is 1. The quantitative estimate of drug-likeness (QED) is 0.865. The molecule has 0 unspecified atom stereocenters. The summed E-state index contributed by atoms with van der Waals surface area (Å²) in [6.45, 7) is 2.18. The van der Waals surface area contributed by atoms with E-state index >= 15 is 0 Å². The number of aliphatic carboxylic acids is 1. The average molecular weight is 281 g/mol. The molecule has 1 fully saturated rings. The maximum atomic E-state index is 11.9. The second-order valence-electron chi connectivity index (χ2n) is 4.25. The zero-order valence-corrected chi connectivity index (χ0v) is 11.3. The molecule has 1 saturated heterocycles. The maximum Gasteiger partial charge on any atom is 0.327 e. The van der Waals surface area contributed by atoms with E-state index in [1.807, 2.05) is 25.1 Å². The molecule has 1 aromatic heterocycles. The molecule has 1 aliphatic heterocycles. The van der Waals surface area contributed by atoms with Gasteiger partial charge < -0.3 is 15.3 Å². The van der Waals surface area contributed by atoms with Gasteiger partial charge in [0.1, 0.15) is 6.04 Å². The molecule has 7 heteroatoms. The Labute approximate surface area is 115 Å². The van der Waals surface area contributed by atoms with E-state index in [9.17, 15) is 9.59 Å². The molecule has 2 amide bonds. The Morgan fingerprint density at radius 3 is 3.05 bits per heavy atom. The van der Waals surface area contributed by atoms with Gasteiger partial charge in [0.2, 0.25) is 0 Å². The molecule has 1 aromatic rings. The van der Waals surface area contributed by atoms with Crippen LogP contribution in [-0.2, 0) is 11.3 Å². The standard InChI is InChI=1S/C12H15N3O3S/c1-8-3-2-4-9(14-8)5-13-12(18)15-7-19-6-10(15)11(16)17/h2-4,10H,5-7H2,1H3,(H,13,18)(H,16,17)/t10-/m0/s1. The molecule has 0 spiro atoms. The minimum atomic E-state index is -0.964. The number of aryl methyl sites for hydroxylation is 1. The van der Waals surface area contributed by atoms with Crippen molar-refractivity contribution < 1.29 is 14.7 Å². The third-order valence-electron chi connectivity index (χ3n) is 2.79. The normalized spacial score (nSPS) is 18.4. The number of hydrogen-bond donors (Lipinski definition) is 2. The van der Waals surface area contributed by atoms with Crippen LogP contribution in [0, 0.1) is 6.92 Å². The van der Waals surface area contributed by atoms with Gasteiger partial charge in [-0.05, 0) is 19.1 Å². The summed E-state index contributed by atoms with van der Waals surface area (Å²) in [6.07, 6.45) is 0. The smallest absolute Gasteiger partial charge is 0.327 e. The molecule has 19 heavy (non-hydrogen) atoms. The fourth-order valence-electron chi connectivity index (χ4n) is 1.81. The Balaban J connectivity index is 1.92. The number of amides is 2. The summed E-state index contributed by atoms with van der Waals surface area (Å²) in [5, 5.41) is 11.7. The van der Waals surface area contributed by atoms with Crippen molar-refractivity contribution in [1.29, 1.82) is 0 Å². The monoisotopic (exact) mass is 281 g/mol. The third kappa shape index (κ3) is 3.37. The lowest BCUT2D eigenvalue weighted by molar-refractivity contribution is -0.140. The Hall–Kier alpha value is -1.76. The van der Waals surface area contributed by atoms with Crippen LogP contribution < -0.4 is 5.32 Å². The number of urea groups is 1. The highest BCUT2D eigenvalue weighted by Gasteiger charge is 2.34. The SMILES string of the molecule is Cc1cccc(CNC(=O)N2CSC[C@H]2C(=O)O)n1. The first-order chi connectivity index (χ1) is 9.08. The topological polar surface area (TPSA) is 82.5 Å². The summed E-state index contributed by atoms with van der Waals surface area (Å²) in [7, 11) is 0. The highest BCUT2D eigenvalue weighted by molar-refractivity contribution is 7.99. The van der Waals surface area contributed by atoms with Crippen molar-refractivity contribution in [2.75, 3.05) is 11.6 Å². The highest BCUT2D eigenvalue weighted by atomic mass is 32.2. The van der Waals surface area contributed by atoms with E-state index in [0.717, 1.165) is 11.4 Å². The molecule has 6 nitrogen and oxygen atoms in total.